The van der Waals surface area contributed by atoms with Crippen molar-refractivity contribution in [3.05, 3.63) is 23.8 Å². The molecule has 1 aliphatic heterocycles. The summed E-state index contributed by atoms with van der Waals surface area (Å²) in [6.07, 6.45) is -12.4. The number of rotatable bonds is 8. The molecule has 0 saturated heterocycles. The second-order valence-electron chi connectivity index (χ2n) is 7.92. The Morgan fingerprint density at radius 3 is 2.31 bits per heavy atom. The Balaban J connectivity index is 2.46. The molecule has 1 aliphatic rings. The molecule has 1 aromatic carbocycles. The van der Waals surface area contributed by atoms with Gasteiger partial charge in [0.1, 0.15) is 29.7 Å². The van der Waals surface area contributed by atoms with Gasteiger partial charge >= 0.3 is 12.4 Å². The maximum atomic E-state index is 13.3. The van der Waals surface area contributed by atoms with Crippen molar-refractivity contribution < 1.29 is 49.3 Å². The summed E-state index contributed by atoms with van der Waals surface area (Å²) in [4.78, 5) is 0. The molecule has 2 rings (SSSR count). The summed E-state index contributed by atoms with van der Waals surface area (Å²) in [5.41, 5.74) is -1.51. The van der Waals surface area contributed by atoms with Gasteiger partial charge in [0.25, 0.3) is 0 Å². The van der Waals surface area contributed by atoms with Crippen LogP contribution in [0.4, 0.5) is 26.3 Å². The molecule has 6 nitrogen and oxygen atoms in total. The Hall–Kier alpha value is -1.73. The lowest BCUT2D eigenvalue weighted by molar-refractivity contribution is -0.152. The molecule has 0 fully saturated rings. The third kappa shape index (κ3) is 6.64. The highest BCUT2D eigenvalue weighted by molar-refractivity contribution is 7.89. The van der Waals surface area contributed by atoms with Crippen molar-refractivity contribution in [1.82, 2.24) is 4.31 Å². The van der Waals surface area contributed by atoms with Gasteiger partial charge in [-0.05, 0) is 45.4 Å². The van der Waals surface area contributed by atoms with E-state index in [2.05, 4.69) is 0 Å². The lowest BCUT2D eigenvalue weighted by Crippen LogP contribution is -2.56. The lowest BCUT2D eigenvalue weighted by atomic mass is 9.86. The number of benzene rings is 1. The Kier molecular flexibility index (Phi) is 7.67. The number of aliphatic hydroxyl groups is 1. The molecule has 2 atom stereocenters. The minimum absolute atomic E-state index is 0.00675. The van der Waals surface area contributed by atoms with Crippen LogP contribution in [0, 0.1) is 0 Å². The fourth-order valence-corrected chi connectivity index (χ4v) is 4.57. The molecule has 1 aromatic rings. The number of hydrogen-bond donors (Lipinski definition) is 1. The predicted molar refractivity (Wildman–Crippen MR) is 103 cm³/mol. The van der Waals surface area contributed by atoms with Crippen molar-refractivity contribution in [2.24, 2.45) is 0 Å². The Labute approximate surface area is 182 Å². The number of aliphatic hydroxyl groups excluding tert-OH is 1. The second-order valence-corrected chi connectivity index (χ2v) is 10.1. The number of ether oxygens (including phenoxy) is 2. The third-order valence-corrected chi connectivity index (χ3v) is 6.73. The minimum Gasteiger partial charge on any atom is -0.494 e. The highest BCUT2D eigenvalue weighted by Crippen LogP contribution is 2.46. The molecular formula is C19H25F6NO5S. The molecule has 1 heterocycles. The predicted octanol–water partition coefficient (Wildman–Crippen LogP) is 4.19. The Bertz CT molecular complexity index is 900. The summed E-state index contributed by atoms with van der Waals surface area (Å²) in [5, 5.41) is 10.8. The number of hydrogen-bond acceptors (Lipinski definition) is 5. The zero-order valence-electron chi connectivity index (χ0n) is 17.6. The van der Waals surface area contributed by atoms with Crippen molar-refractivity contribution in [1.29, 1.82) is 0 Å². The normalized spacial score (nSPS) is 21.2. The zero-order chi connectivity index (χ0) is 24.5. The van der Waals surface area contributed by atoms with E-state index in [9.17, 15) is 39.9 Å². The van der Waals surface area contributed by atoms with Crippen molar-refractivity contribution in [3.8, 4) is 11.5 Å². The number of alkyl halides is 6. The van der Waals surface area contributed by atoms with Crippen LogP contribution >= 0.6 is 0 Å². The number of fused-ring (bicyclic) bond motifs is 1. The monoisotopic (exact) mass is 493 g/mol. The molecule has 0 bridgehead atoms. The first-order chi connectivity index (χ1) is 14.5. The largest absolute Gasteiger partial charge is 0.494 e. The molecule has 13 heteroatoms. The van der Waals surface area contributed by atoms with E-state index < -0.39 is 58.8 Å². The van der Waals surface area contributed by atoms with Crippen LogP contribution in [0.25, 0.3) is 0 Å². The summed E-state index contributed by atoms with van der Waals surface area (Å²) < 4.78 is 113. The first kappa shape index (κ1) is 26.5. The molecule has 0 spiro atoms. The third-order valence-electron chi connectivity index (χ3n) is 4.93. The van der Waals surface area contributed by atoms with Gasteiger partial charge in [0.15, 0.2) is 0 Å². The lowest BCUT2D eigenvalue weighted by Gasteiger charge is -2.45. The van der Waals surface area contributed by atoms with Crippen LogP contribution in [-0.4, -0.2) is 60.8 Å². The van der Waals surface area contributed by atoms with E-state index >= 15 is 0 Å². The Morgan fingerprint density at radius 2 is 1.78 bits per heavy atom. The topological polar surface area (TPSA) is 76.1 Å². The van der Waals surface area contributed by atoms with Crippen LogP contribution in [0.1, 0.15) is 45.2 Å². The summed E-state index contributed by atoms with van der Waals surface area (Å²) >= 11 is 0. The average molecular weight is 493 g/mol. The van der Waals surface area contributed by atoms with Crippen LogP contribution in [0.2, 0.25) is 0 Å². The van der Waals surface area contributed by atoms with Crippen molar-refractivity contribution in [2.45, 2.75) is 63.7 Å². The zero-order valence-corrected chi connectivity index (χ0v) is 18.4. The number of halogens is 6. The van der Waals surface area contributed by atoms with E-state index in [4.69, 9.17) is 9.47 Å². The molecule has 2 unspecified atom stereocenters. The molecule has 0 amide bonds. The van der Waals surface area contributed by atoms with E-state index in [1.165, 1.54) is 39.0 Å². The first-order valence-corrected chi connectivity index (χ1v) is 11.3. The fraction of sp³-hybridized carbons (Fsp3) is 0.684. The molecule has 32 heavy (non-hydrogen) atoms. The number of sulfonamides is 1. The molecule has 0 radical (unpaired) electrons. The first-order valence-electron chi connectivity index (χ1n) is 9.74. The van der Waals surface area contributed by atoms with Crippen molar-refractivity contribution in [2.75, 3.05) is 18.9 Å². The molecule has 0 aliphatic carbocycles. The smallest absolute Gasteiger partial charge is 0.402 e. The summed E-state index contributed by atoms with van der Waals surface area (Å²) in [7, 11) is -4.44. The van der Waals surface area contributed by atoms with Gasteiger partial charge in [-0.15, -0.1) is 0 Å². The average Bonchev–Trinajstić information content (AvgIpc) is 2.63. The minimum atomic E-state index is -4.89. The molecule has 184 valence electrons. The van der Waals surface area contributed by atoms with E-state index in [0.717, 1.165) is 0 Å². The van der Waals surface area contributed by atoms with E-state index in [-0.39, 0.29) is 34.4 Å². The van der Waals surface area contributed by atoms with Crippen LogP contribution < -0.4 is 9.47 Å². The summed E-state index contributed by atoms with van der Waals surface area (Å²) in [6, 6.07) is 2.19. The van der Waals surface area contributed by atoms with E-state index in [1.54, 1.807) is 0 Å². The Morgan fingerprint density at radius 1 is 1.16 bits per heavy atom. The quantitative estimate of drug-likeness (QED) is 0.434. The fourth-order valence-electron chi connectivity index (χ4n) is 3.32. The van der Waals surface area contributed by atoms with Crippen LogP contribution in [0.3, 0.4) is 0 Å². The van der Waals surface area contributed by atoms with Gasteiger partial charge in [0.2, 0.25) is 10.0 Å². The van der Waals surface area contributed by atoms with Gasteiger partial charge < -0.3 is 14.6 Å². The molecule has 1 N–H and O–H groups in total. The maximum absolute atomic E-state index is 13.3. The molecule has 0 aromatic heterocycles. The maximum Gasteiger partial charge on any atom is 0.402 e. The van der Waals surface area contributed by atoms with Gasteiger partial charge in [-0.25, -0.2) is 8.42 Å². The highest BCUT2D eigenvalue weighted by atomic mass is 32.2. The van der Waals surface area contributed by atoms with Gasteiger partial charge in [-0.3, -0.25) is 0 Å². The van der Waals surface area contributed by atoms with E-state index in [1.807, 2.05) is 0 Å². The van der Waals surface area contributed by atoms with Crippen molar-refractivity contribution >= 4 is 10.0 Å². The molecular weight excluding hydrogens is 468 g/mol. The van der Waals surface area contributed by atoms with Crippen LogP contribution in [0.15, 0.2) is 18.2 Å². The van der Waals surface area contributed by atoms with Gasteiger partial charge in [0.05, 0.1) is 18.4 Å². The van der Waals surface area contributed by atoms with E-state index in [0.29, 0.717) is 0 Å². The van der Waals surface area contributed by atoms with Gasteiger partial charge in [-0.1, -0.05) is 0 Å². The SMILES string of the molecule is CCS(=O)(=O)N(CC(F)(F)F)C1c2cc(OCCCC(F)(F)F)ccc2OC(C)(C)C1O. The van der Waals surface area contributed by atoms with Crippen molar-refractivity contribution in [3.63, 3.8) is 0 Å². The highest BCUT2D eigenvalue weighted by Gasteiger charge is 2.51. The number of nitrogens with zero attached hydrogens (tertiary/aromatic N) is 1. The summed E-state index contributed by atoms with van der Waals surface area (Å²) in [6.45, 7) is 1.82. The summed E-state index contributed by atoms with van der Waals surface area (Å²) in [5.74, 6) is -0.602. The second kappa shape index (κ2) is 9.26. The van der Waals surface area contributed by atoms with Gasteiger partial charge in [-0.2, -0.15) is 30.6 Å². The van der Waals surface area contributed by atoms with Crippen LogP contribution in [-0.2, 0) is 10.0 Å². The molecule has 0 saturated carbocycles. The standard InChI is InChI=1S/C19H25F6NO5S/c1-4-32(28,29)26(11-19(23,24)25)15-13-10-12(30-9-5-8-18(20,21)22)6-7-14(13)31-17(2,3)16(15)27/h6-7,10,15-16,27H,4-5,8-9,11H2,1-3H3. The van der Waals surface area contributed by atoms with Gasteiger partial charge in [0, 0.05) is 12.0 Å². The van der Waals surface area contributed by atoms with Crippen LogP contribution in [0.5, 0.6) is 11.5 Å².